The highest BCUT2D eigenvalue weighted by molar-refractivity contribution is 6.09. The van der Waals surface area contributed by atoms with Gasteiger partial charge in [0.2, 0.25) is 11.6 Å². The zero-order chi connectivity index (χ0) is 39.8. The highest BCUT2D eigenvalue weighted by atomic mass is 19.4. The number of alkyl halides is 6. The third-order valence-corrected chi connectivity index (χ3v) is 10.9. The number of hydrogen-bond donors (Lipinski definition) is 0. The number of halogens is 7. The lowest BCUT2D eigenvalue weighted by Gasteiger charge is -2.39. The molecule has 13 heteroatoms. The van der Waals surface area contributed by atoms with Crippen LogP contribution >= 0.6 is 0 Å². The Labute approximate surface area is 316 Å². The third kappa shape index (κ3) is 5.57. The van der Waals surface area contributed by atoms with Crippen molar-refractivity contribution in [3.63, 3.8) is 0 Å². The van der Waals surface area contributed by atoms with Crippen molar-refractivity contribution >= 4 is 16.8 Å². The summed E-state index contributed by atoms with van der Waals surface area (Å²) >= 11 is 0. The van der Waals surface area contributed by atoms with Crippen LogP contribution in [-0.2, 0) is 23.4 Å². The van der Waals surface area contributed by atoms with E-state index in [1.165, 1.54) is 49.1 Å². The van der Waals surface area contributed by atoms with E-state index in [2.05, 4.69) is 40.9 Å². The topological polar surface area (TPSA) is 66.4 Å². The van der Waals surface area contributed by atoms with Gasteiger partial charge in [-0.15, -0.1) is 0 Å². The van der Waals surface area contributed by atoms with Gasteiger partial charge in [-0.1, -0.05) is 80.6 Å². The van der Waals surface area contributed by atoms with E-state index in [9.17, 15) is 30.7 Å². The summed E-state index contributed by atoms with van der Waals surface area (Å²) in [5.41, 5.74) is 4.18. The SMILES string of the molecule is CCC1(CC)c2ccccc2-c2c1c1c(c3cc(OC)c(OC)cc23)OC(c2ccc(F)cc2)(c2ccc(-c3nc(C(F)(F)F)nc(C(F)(F)F)n3)cc2)C=C1. The summed E-state index contributed by atoms with van der Waals surface area (Å²) < 4.78 is 115. The van der Waals surface area contributed by atoms with Gasteiger partial charge in [-0.3, -0.25) is 0 Å². The predicted octanol–water partition coefficient (Wildman–Crippen LogP) is 11.3. The maximum Gasteiger partial charge on any atom is 0.451 e. The van der Waals surface area contributed by atoms with Crippen LogP contribution in [0.3, 0.4) is 0 Å². The number of aromatic nitrogens is 3. The van der Waals surface area contributed by atoms with Crippen molar-refractivity contribution in [3.05, 3.63) is 136 Å². The monoisotopic (exact) mass is 771 g/mol. The predicted molar refractivity (Wildman–Crippen MR) is 196 cm³/mol. The third-order valence-electron chi connectivity index (χ3n) is 10.9. The number of rotatable bonds is 7. The second kappa shape index (κ2) is 13.1. The van der Waals surface area contributed by atoms with Gasteiger partial charge >= 0.3 is 12.4 Å². The number of nitrogens with zero attached hydrogens (tertiary/aromatic N) is 3. The summed E-state index contributed by atoms with van der Waals surface area (Å²) in [4.78, 5) is 9.30. The molecule has 0 saturated heterocycles. The summed E-state index contributed by atoms with van der Waals surface area (Å²) in [7, 11) is 3.09. The van der Waals surface area contributed by atoms with Gasteiger partial charge in [0.25, 0.3) is 0 Å². The smallest absolute Gasteiger partial charge is 0.451 e. The van der Waals surface area contributed by atoms with Gasteiger partial charge in [0.05, 0.1) is 14.2 Å². The van der Waals surface area contributed by atoms with Crippen LogP contribution < -0.4 is 14.2 Å². The summed E-state index contributed by atoms with van der Waals surface area (Å²) in [6, 6.07) is 23.4. The van der Waals surface area contributed by atoms with E-state index < -0.39 is 46.7 Å². The Morgan fingerprint density at radius 2 is 1.25 bits per heavy atom. The van der Waals surface area contributed by atoms with Gasteiger partial charge in [-0.2, -0.15) is 26.3 Å². The zero-order valence-electron chi connectivity index (χ0n) is 30.4. The summed E-state index contributed by atoms with van der Waals surface area (Å²) in [6.45, 7) is 4.31. The van der Waals surface area contributed by atoms with E-state index in [4.69, 9.17) is 14.2 Å². The second-order valence-electron chi connectivity index (χ2n) is 13.6. The van der Waals surface area contributed by atoms with E-state index in [1.54, 1.807) is 19.2 Å². The molecule has 0 bridgehead atoms. The van der Waals surface area contributed by atoms with E-state index in [0.717, 1.165) is 40.5 Å². The van der Waals surface area contributed by atoms with Gasteiger partial charge in [-0.25, -0.2) is 19.3 Å². The number of hydrogen-bond acceptors (Lipinski definition) is 6. The number of benzene rings is 5. The molecule has 0 amide bonds. The standard InChI is InChI=1S/C43H32F7N3O3/c1-5-40(6-2)31-10-8-7-9-27(31)34-29-21-32(54-3)33(55-4)22-30(29)36-28(35(34)40)19-20-41(56-36,25-15-17-26(44)18-16-25)24-13-11-23(12-14-24)37-51-38(42(45,46)47)53-39(52-37)43(48,49)50/h7-22H,5-6H2,1-4H3. The van der Waals surface area contributed by atoms with Crippen molar-refractivity contribution in [1.82, 2.24) is 15.0 Å². The molecule has 0 spiro atoms. The number of methoxy groups -OCH3 is 2. The molecule has 1 aliphatic heterocycles. The fraction of sp³-hybridized carbons (Fsp3) is 0.233. The lowest BCUT2D eigenvalue weighted by Crippen LogP contribution is -2.35. The average molecular weight is 772 g/mol. The maximum atomic E-state index is 14.4. The fourth-order valence-electron chi connectivity index (χ4n) is 8.28. The van der Waals surface area contributed by atoms with E-state index in [-0.39, 0.29) is 5.56 Å². The quantitative estimate of drug-likeness (QED) is 0.151. The molecule has 56 heavy (non-hydrogen) atoms. The van der Waals surface area contributed by atoms with Crippen molar-refractivity contribution in [2.45, 2.75) is 50.1 Å². The van der Waals surface area contributed by atoms with E-state index >= 15 is 0 Å². The largest absolute Gasteiger partial charge is 0.493 e. The van der Waals surface area contributed by atoms with Crippen LogP contribution in [0.4, 0.5) is 30.7 Å². The van der Waals surface area contributed by atoms with Crippen LogP contribution in [0.25, 0.3) is 39.4 Å². The lowest BCUT2D eigenvalue weighted by atomic mass is 9.71. The van der Waals surface area contributed by atoms with Gasteiger partial charge < -0.3 is 14.2 Å². The minimum absolute atomic E-state index is 0.130. The first-order chi connectivity index (χ1) is 26.7. The first-order valence-electron chi connectivity index (χ1n) is 17.7. The van der Waals surface area contributed by atoms with Crippen molar-refractivity contribution < 1.29 is 44.9 Å². The minimum Gasteiger partial charge on any atom is -0.493 e. The van der Waals surface area contributed by atoms with Gasteiger partial charge in [0, 0.05) is 33.1 Å². The van der Waals surface area contributed by atoms with Crippen LogP contribution in [-0.4, -0.2) is 29.2 Å². The first kappa shape index (κ1) is 37.0. The van der Waals surface area contributed by atoms with Crippen LogP contribution in [0.1, 0.15) is 66.2 Å². The lowest BCUT2D eigenvalue weighted by molar-refractivity contribution is -0.155. The molecule has 1 atom stereocenters. The minimum atomic E-state index is -5.26. The molecule has 1 aliphatic carbocycles. The molecular formula is C43H32F7N3O3. The molecule has 8 rings (SSSR count). The molecule has 6 nitrogen and oxygen atoms in total. The Morgan fingerprint density at radius 3 is 1.80 bits per heavy atom. The van der Waals surface area contributed by atoms with Crippen LogP contribution in [0.5, 0.6) is 17.2 Å². The Bertz CT molecular complexity index is 2510. The molecule has 2 aliphatic rings. The van der Waals surface area contributed by atoms with Crippen molar-refractivity contribution in [2.24, 2.45) is 0 Å². The average Bonchev–Trinajstić information content (AvgIpc) is 3.50. The summed E-state index contributed by atoms with van der Waals surface area (Å²) in [5.74, 6) is -3.79. The Balaban J connectivity index is 1.38. The second-order valence-corrected chi connectivity index (χ2v) is 13.6. The molecule has 1 aromatic heterocycles. The number of fused-ring (bicyclic) bond motifs is 8. The maximum absolute atomic E-state index is 14.4. The highest BCUT2D eigenvalue weighted by Gasteiger charge is 2.47. The number of ether oxygens (including phenoxy) is 3. The van der Waals surface area contributed by atoms with Crippen LogP contribution in [0.15, 0.2) is 91.0 Å². The molecular weight excluding hydrogens is 739 g/mol. The highest BCUT2D eigenvalue weighted by Crippen LogP contribution is 2.61. The van der Waals surface area contributed by atoms with Gasteiger partial charge in [-0.05, 0) is 70.8 Å². The van der Waals surface area contributed by atoms with Crippen LogP contribution in [0, 0.1) is 5.82 Å². The molecule has 5 aromatic carbocycles. The molecule has 286 valence electrons. The van der Waals surface area contributed by atoms with Gasteiger partial charge in [0.1, 0.15) is 11.6 Å². The summed E-state index contributed by atoms with van der Waals surface area (Å²) in [5, 5.41) is 1.55. The molecule has 2 heterocycles. The first-order valence-corrected chi connectivity index (χ1v) is 17.7. The molecule has 6 aromatic rings. The van der Waals surface area contributed by atoms with Gasteiger partial charge in [0.15, 0.2) is 22.9 Å². The molecule has 0 saturated carbocycles. The normalized spacial score (nSPS) is 16.9. The molecule has 0 radical (unpaired) electrons. The molecule has 0 fully saturated rings. The molecule has 0 N–H and O–H groups in total. The van der Waals surface area contributed by atoms with Crippen molar-refractivity contribution in [3.8, 4) is 39.8 Å². The zero-order valence-corrected chi connectivity index (χ0v) is 30.4. The molecule has 1 unspecified atom stereocenters. The van der Waals surface area contributed by atoms with Crippen molar-refractivity contribution in [2.75, 3.05) is 14.2 Å². The van der Waals surface area contributed by atoms with E-state index in [1.807, 2.05) is 36.4 Å². The van der Waals surface area contributed by atoms with Crippen LogP contribution in [0.2, 0.25) is 0 Å². The Hall–Kier alpha value is -5.98. The fourth-order valence-corrected chi connectivity index (χ4v) is 8.28. The van der Waals surface area contributed by atoms with Crippen molar-refractivity contribution in [1.29, 1.82) is 0 Å². The van der Waals surface area contributed by atoms with E-state index in [0.29, 0.717) is 33.8 Å². The Morgan fingerprint density at radius 1 is 0.696 bits per heavy atom. The Kier molecular flexibility index (Phi) is 8.62. The summed E-state index contributed by atoms with van der Waals surface area (Å²) in [6.07, 6.45) is -5.14.